The second-order valence-electron chi connectivity index (χ2n) is 4.50. The van der Waals surface area contributed by atoms with E-state index >= 15 is 0 Å². The summed E-state index contributed by atoms with van der Waals surface area (Å²) in [6.07, 6.45) is 7.42. The summed E-state index contributed by atoms with van der Waals surface area (Å²) < 4.78 is 2.83. The molecule has 1 aromatic carbocycles. The monoisotopic (exact) mass is 336 g/mol. The highest BCUT2D eigenvalue weighted by molar-refractivity contribution is 9.10. The van der Waals surface area contributed by atoms with Crippen LogP contribution < -0.4 is 11.1 Å². The molecule has 0 saturated carbocycles. The number of nitrogens with one attached hydrogen (secondary N) is 1. The van der Waals surface area contributed by atoms with Crippen molar-refractivity contribution >= 4 is 27.5 Å². The van der Waals surface area contributed by atoms with E-state index in [9.17, 15) is 4.79 Å². The van der Waals surface area contributed by atoms with Crippen LogP contribution in [0, 0.1) is 0 Å². The highest BCUT2D eigenvalue weighted by Crippen LogP contribution is 2.20. The van der Waals surface area contributed by atoms with Gasteiger partial charge in [-0.15, -0.1) is 0 Å². The summed E-state index contributed by atoms with van der Waals surface area (Å²) in [5.41, 5.74) is 6.90. The van der Waals surface area contributed by atoms with Gasteiger partial charge in [0.15, 0.2) is 0 Å². The predicted octanol–water partition coefficient (Wildman–Crippen LogP) is 2.44. The number of halogens is 1. The molecule has 3 N–H and O–H groups in total. The quantitative estimate of drug-likeness (QED) is 0.628. The first-order valence-corrected chi connectivity index (χ1v) is 7.25. The van der Waals surface area contributed by atoms with Gasteiger partial charge in [-0.25, -0.2) is 4.98 Å². The molecule has 20 heavy (non-hydrogen) atoms. The lowest BCUT2D eigenvalue weighted by atomic mass is 10.2. The van der Waals surface area contributed by atoms with Gasteiger partial charge in [0.05, 0.1) is 6.33 Å². The number of hydrogen-bond acceptors (Lipinski definition) is 3. The van der Waals surface area contributed by atoms with Crippen molar-refractivity contribution in [2.75, 3.05) is 12.3 Å². The summed E-state index contributed by atoms with van der Waals surface area (Å²) in [6.45, 7) is 1.57. The Morgan fingerprint density at radius 2 is 2.25 bits per heavy atom. The minimum Gasteiger partial charge on any atom is -0.398 e. The highest BCUT2D eigenvalue weighted by atomic mass is 79.9. The zero-order valence-corrected chi connectivity index (χ0v) is 12.6. The summed E-state index contributed by atoms with van der Waals surface area (Å²) >= 11 is 3.31. The number of benzene rings is 1. The molecule has 0 saturated heterocycles. The van der Waals surface area contributed by atoms with Gasteiger partial charge in [0, 0.05) is 41.2 Å². The van der Waals surface area contributed by atoms with E-state index in [0.29, 0.717) is 17.8 Å². The number of nitrogens with two attached hydrogens (primary N) is 1. The smallest absolute Gasteiger partial charge is 0.251 e. The molecule has 0 unspecified atom stereocenters. The molecule has 0 radical (unpaired) electrons. The first kappa shape index (κ1) is 14.6. The number of hydrogen-bond donors (Lipinski definition) is 2. The van der Waals surface area contributed by atoms with E-state index in [-0.39, 0.29) is 5.91 Å². The molecule has 1 aromatic heterocycles. The predicted molar refractivity (Wildman–Crippen MR) is 82.3 cm³/mol. The molecule has 2 rings (SSSR count). The molecule has 0 aliphatic carbocycles. The van der Waals surface area contributed by atoms with Crippen LogP contribution in [0.5, 0.6) is 0 Å². The van der Waals surface area contributed by atoms with Gasteiger partial charge in [-0.1, -0.05) is 0 Å². The molecular weight excluding hydrogens is 320 g/mol. The van der Waals surface area contributed by atoms with Crippen LogP contribution in [0.4, 0.5) is 5.69 Å². The SMILES string of the molecule is Nc1cc(C(=O)NCCCCn2ccnc2)ccc1Br. The Labute approximate surface area is 126 Å². The number of aryl methyl sites for hydroxylation is 1. The molecule has 1 amide bonds. The molecule has 5 nitrogen and oxygen atoms in total. The van der Waals surface area contributed by atoms with E-state index in [2.05, 4.69) is 26.2 Å². The summed E-state index contributed by atoms with van der Waals surface area (Å²) in [5, 5.41) is 2.89. The molecule has 0 spiro atoms. The number of anilines is 1. The van der Waals surface area contributed by atoms with Crippen molar-refractivity contribution in [2.45, 2.75) is 19.4 Å². The minimum absolute atomic E-state index is 0.0909. The van der Waals surface area contributed by atoms with Crippen molar-refractivity contribution in [2.24, 2.45) is 0 Å². The molecule has 0 atom stereocenters. The normalized spacial score (nSPS) is 10.4. The Morgan fingerprint density at radius 1 is 1.40 bits per heavy atom. The maximum atomic E-state index is 11.9. The topological polar surface area (TPSA) is 72.9 Å². The second-order valence-corrected chi connectivity index (χ2v) is 5.35. The lowest BCUT2D eigenvalue weighted by Crippen LogP contribution is -2.24. The first-order valence-electron chi connectivity index (χ1n) is 6.46. The number of rotatable bonds is 6. The summed E-state index contributed by atoms with van der Waals surface area (Å²) in [5.74, 6) is -0.0909. The third-order valence-electron chi connectivity index (χ3n) is 2.95. The zero-order valence-electron chi connectivity index (χ0n) is 11.1. The van der Waals surface area contributed by atoms with E-state index in [1.165, 1.54) is 0 Å². The fraction of sp³-hybridized carbons (Fsp3) is 0.286. The molecule has 106 valence electrons. The summed E-state index contributed by atoms with van der Waals surface area (Å²) in [7, 11) is 0. The Hall–Kier alpha value is -1.82. The fourth-order valence-corrected chi connectivity index (χ4v) is 2.07. The maximum absolute atomic E-state index is 11.9. The van der Waals surface area contributed by atoms with Crippen molar-refractivity contribution in [3.63, 3.8) is 0 Å². The van der Waals surface area contributed by atoms with Gasteiger partial charge >= 0.3 is 0 Å². The average Bonchev–Trinajstić information content (AvgIpc) is 2.94. The Morgan fingerprint density at radius 3 is 2.95 bits per heavy atom. The van der Waals surface area contributed by atoms with Crippen molar-refractivity contribution in [3.05, 3.63) is 47.0 Å². The van der Waals surface area contributed by atoms with Gasteiger partial charge in [-0.05, 0) is 47.0 Å². The van der Waals surface area contributed by atoms with Crippen LogP contribution in [0.15, 0.2) is 41.4 Å². The average molecular weight is 337 g/mol. The molecule has 0 aliphatic rings. The number of nitrogen functional groups attached to an aromatic ring is 1. The molecule has 6 heteroatoms. The Balaban J connectivity index is 1.70. The maximum Gasteiger partial charge on any atom is 0.251 e. The van der Waals surface area contributed by atoms with Crippen LogP contribution in [0.1, 0.15) is 23.2 Å². The largest absolute Gasteiger partial charge is 0.398 e. The van der Waals surface area contributed by atoms with Crippen LogP contribution in [-0.4, -0.2) is 22.0 Å². The van der Waals surface area contributed by atoms with Gasteiger partial charge in [0.1, 0.15) is 0 Å². The first-order chi connectivity index (χ1) is 9.66. The van der Waals surface area contributed by atoms with E-state index in [1.54, 1.807) is 30.7 Å². The molecule has 0 fully saturated rings. The number of unbranched alkanes of at least 4 members (excludes halogenated alkanes) is 1. The van der Waals surface area contributed by atoms with Gasteiger partial charge < -0.3 is 15.6 Å². The van der Waals surface area contributed by atoms with Crippen molar-refractivity contribution in [1.82, 2.24) is 14.9 Å². The fourth-order valence-electron chi connectivity index (χ4n) is 1.83. The van der Waals surface area contributed by atoms with Crippen molar-refractivity contribution < 1.29 is 4.79 Å². The van der Waals surface area contributed by atoms with Gasteiger partial charge in [0.2, 0.25) is 0 Å². The molecular formula is C14H17BrN4O. The van der Waals surface area contributed by atoms with Crippen LogP contribution in [0.2, 0.25) is 0 Å². The summed E-state index contributed by atoms with van der Waals surface area (Å²) in [4.78, 5) is 15.9. The molecule has 2 aromatic rings. The molecule has 0 aliphatic heterocycles. The summed E-state index contributed by atoms with van der Waals surface area (Å²) in [6, 6.07) is 5.20. The highest BCUT2D eigenvalue weighted by Gasteiger charge is 2.06. The van der Waals surface area contributed by atoms with E-state index < -0.39 is 0 Å². The van der Waals surface area contributed by atoms with E-state index in [4.69, 9.17) is 5.73 Å². The number of imidazole rings is 1. The zero-order chi connectivity index (χ0) is 14.4. The number of aromatic nitrogens is 2. The van der Waals surface area contributed by atoms with Crippen LogP contribution >= 0.6 is 15.9 Å². The van der Waals surface area contributed by atoms with Crippen molar-refractivity contribution in [1.29, 1.82) is 0 Å². The van der Waals surface area contributed by atoms with Crippen LogP contribution in [-0.2, 0) is 6.54 Å². The molecule has 0 bridgehead atoms. The standard InChI is InChI=1S/C14H17BrN4O/c15-12-4-3-11(9-13(12)16)14(20)18-5-1-2-7-19-8-6-17-10-19/h3-4,6,8-10H,1-2,5,7,16H2,(H,18,20). The van der Waals surface area contributed by atoms with Crippen molar-refractivity contribution in [3.8, 4) is 0 Å². The number of carbonyl (C=O) groups is 1. The van der Waals surface area contributed by atoms with Crippen LogP contribution in [0.25, 0.3) is 0 Å². The van der Waals surface area contributed by atoms with Gasteiger partial charge in [-0.3, -0.25) is 4.79 Å². The second kappa shape index (κ2) is 7.09. The van der Waals surface area contributed by atoms with Crippen LogP contribution in [0.3, 0.4) is 0 Å². The number of carbonyl (C=O) groups excluding carboxylic acids is 1. The lowest BCUT2D eigenvalue weighted by Gasteiger charge is -2.07. The van der Waals surface area contributed by atoms with E-state index in [1.807, 2.05) is 10.8 Å². The number of amides is 1. The third kappa shape index (κ3) is 4.09. The number of nitrogens with zero attached hydrogens (tertiary/aromatic N) is 2. The Bertz CT molecular complexity index is 569. The Kier molecular flexibility index (Phi) is 5.17. The van der Waals surface area contributed by atoms with Gasteiger partial charge in [-0.2, -0.15) is 0 Å². The molecule has 1 heterocycles. The van der Waals surface area contributed by atoms with E-state index in [0.717, 1.165) is 23.9 Å². The van der Waals surface area contributed by atoms with Gasteiger partial charge in [0.25, 0.3) is 5.91 Å². The third-order valence-corrected chi connectivity index (χ3v) is 3.67. The lowest BCUT2D eigenvalue weighted by molar-refractivity contribution is 0.0953. The minimum atomic E-state index is -0.0909.